The number of carbonyl (C=O) groups excluding carboxylic acids is 1. The first-order valence-corrected chi connectivity index (χ1v) is 6.98. The first kappa shape index (κ1) is 13.8. The van der Waals surface area contributed by atoms with Crippen molar-refractivity contribution in [3.8, 4) is 0 Å². The smallest absolute Gasteiger partial charge is 0.167 e. The molecule has 0 aliphatic heterocycles. The maximum Gasteiger partial charge on any atom is 0.167 e. The molecule has 0 fully saturated rings. The second-order valence-corrected chi connectivity index (χ2v) is 5.27. The Labute approximate surface area is 127 Å². The maximum absolute atomic E-state index is 13.3. The molecule has 0 aliphatic rings. The summed E-state index contributed by atoms with van der Waals surface area (Å²) in [7, 11) is 0. The van der Waals surface area contributed by atoms with Gasteiger partial charge in [0.15, 0.2) is 5.78 Å². The lowest BCUT2D eigenvalue weighted by Crippen LogP contribution is -2.05. The monoisotopic (exact) mass is 298 g/mol. The number of benzene rings is 3. The van der Waals surface area contributed by atoms with Crippen molar-refractivity contribution < 1.29 is 9.18 Å². The van der Waals surface area contributed by atoms with E-state index in [0.717, 1.165) is 10.8 Å². The Morgan fingerprint density at radius 2 is 1.76 bits per heavy atom. The van der Waals surface area contributed by atoms with Crippen LogP contribution in [0.2, 0.25) is 5.02 Å². The summed E-state index contributed by atoms with van der Waals surface area (Å²) in [6, 6.07) is 17.4. The molecule has 0 aromatic heterocycles. The Morgan fingerprint density at radius 3 is 2.62 bits per heavy atom. The third kappa shape index (κ3) is 2.81. The van der Waals surface area contributed by atoms with Crippen LogP contribution in [0.25, 0.3) is 10.8 Å². The van der Waals surface area contributed by atoms with Gasteiger partial charge in [-0.3, -0.25) is 4.79 Å². The number of carbonyl (C=O) groups is 1. The van der Waals surface area contributed by atoms with E-state index >= 15 is 0 Å². The minimum absolute atomic E-state index is 0.0701. The number of fused-ring (bicyclic) bond motifs is 1. The van der Waals surface area contributed by atoms with Gasteiger partial charge in [-0.2, -0.15) is 0 Å². The third-order valence-corrected chi connectivity index (χ3v) is 3.82. The highest BCUT2D eigenvalue weighted by atomic mass is 35.5. The summed E-state index contributed by atoms with van der Waals surface area (Å²) in [5.74, 6) is -0.459. The molecule has 0 bridgehead atoms. The molecule has 3 heteroatoms. The van der Waals surface area contributed by atoms with E-state index in [1.54, 1.807) is 6.07 Å². The lowest BCUT2D eigenvalue weighted by molar-refractivity contribution is 0.0994. The lowest BCUT2D eigenvalue weighted by atomic mass is 9.97. The number of hydrogen-bond acceptors (Lipinski definition) is 1. The van der Waals surface area contributed by atoms with E-state index in [9.17, 15) is 9.18 Å². The quantitative estimate of drug-likeness (QED) is 0.618. The van der Waals surface area contributed by atoms with E-state index in [1.165, 1.54) is 18.2 Å². The molecular formula is C18H12ClFO. The first-order valence-electron chi connectivity index (χ1n) is 6.60. The summed E-state index contributed by atoms with van der Waals surface area (Å²) in [4.78, 5) is 12.5. The zero-order chi connectivity index (χ0) is 14.8. The first-order chi connectivity index (χ1) is 10.1. The van der Waals surface area contributed by atoms with Gasteiger partial charge in [0, 0.05) is 17.0 Å². The minimum Gasteiger partial charge on any atom is -0.294 e. The van der Waals surface area contributed by atoms with Crippen molar-refractivity contribution in [3.63, 3.8) is 0 Å². The van der Waals surface area contributed by atoms with Crippen LogP contribution in [-0.4, -0.2) is 5.78 Å². The Balaban J connectivity index is 1.99. The molecule has 3 rings (SSSR count). The Hall–Kier alpha value is -2.19. The molecule has 3 aromatic rings. The van der Waals surface area contributed by atoms with Gasteiger partial charge in [-0.25, -0.2) is 4.39 Å². The number of hydrogen-bond donors (Lipinski definition) is 0. The summed E-state index contributed by atoms with van der Waals surface area (Å²) >= 11 is 6.03. The molecule has 0 saturated carbocycles. The predicted molar refractivity (Wildman–Crippen MR) is 83.4 cm³/mol. The molecule has 0 saturated heterocycles. The van der Waals surface area contributed by atoms with Gasteiger partial charge in [0.05, 0.1) is 0 Å². The number of Topliss-reactive ketones (excluding diaryl/α,β-unsaturated/α-hetero) is 1. The van der Waals surface area contributed by atoms with Crippen LogP contribution < -0.4 is 0 Å². The topological polar surface area (TPSA) is 17.1 Å². The average Bonchev–Trinajstić information content (AvgIpc) is 2.50. The van der Waals surface area contributed by atoms with Crippen LogP contribution in [0.15, 0.2) is 60.7 Å². The Kier molecular flexibility index (Phi) is 3.72. The van der Waals surface area contributed by atoms with Gasteiger partial charge in [0.1, 0.15) is 5.82 Å². The fourth-order valence-corrected chi connectivity index (χ4v) is 2.60. The van der Waals surface area contributed by atoms with Crippen LogP contribution >= 0.6 is 11.6 Å². The normalized spacial score (nSPS) is 10.8. The van der Waals surface area contributed by atoms with Crippen LogP contribution in [0.5, 0.6) is 0 Å². The minimum atomic E-state index is -0.389. The molecule has 0 unspecified atom stereocenters. The summed E-state index contributed by atoms with van der Waals surface area (Å²) in [6.45, 7) is 0. The van der Waals surface area contributed by atoms with E-state index in [1.807, 2.05) is 36.4 Å². The highest BCUT2D eigenvalue weighted by molar-refractivity contribution is 6.31. The van der Waals surface area contributed by atoms with Gasteiger partial charge in [-0.1, -0.05) is 54.1 Å². The highest BCUT2D eigenvalue weighted by Crippen LogP contribution is 2.23. The van der Waals surface area contributed by atoms with Gasteiger partial charge in [0.25, 0.3) is 0 Å². The SMILES string of the molecule is O=C(Cc1cc(F)ccc1Cl)c1cccc2ccccc12. The molecule has 104 valence electrons. The number of rotatable bonds is 3. The van der Waals surface area contributed by atoms with Crippen LogP contribution in [-0.2, 0) is 6.42 Å². The molecule has 0 amide bonds. The van der Waals surface area contributed by atoms with E-state index in [-0.39, 0.29) is 18.0 Å². The van der Waals surface area contributed by atoms with Gasteiger partial charge < -0.3 is 0 Å². The van der Waals surface area contributed by atoms with E-state index < -0.39 is 0 Å². The van der Waals surface area contributed by atoms with Crippen LogP contribution in [0, 0.1) is 5.82 Å². The van der Waals surface area contributed by atoms with Crippen LogP contribution in [0.1, 0.15) is 15.9 Å². The molecule has 0 heterocycles. The van der Waals surface area contributed by atoms with E-state index in [0.29, 0.717) is 16.1 Å². The predicted octanol–water partition coefficient (Wildman–Crippen LogP) is 5.06. The van der Waals surface area contributed by atoms with E-state index in [4.69, 9.17) is 11.6 Å². The summed E-state index contributed by atoms with van der Waals surface area (Å²) in [5, 5.41) is 2.32. The summed E-state index contributed by atoms with van der Waals surface area (Å²) in [5.41, 5.74) is 1.14. The summed E-state index contributed by atoms with van der Waals surface area (Å²) < 4.78 is 13.3. The fraction of sp³-hybridized carbons (Fsp3) is 0.0556. The fourth-order valence-electron chi connectivity index (χ4n) is 2.42. The highest BCUT2D eigenvalue weighted by Gasteiger charge is 2.13. The average molecular weight is 299 g/mol. The molecular weight excluding hydrogens is 287 g/mol. The van der Waals surface area contributed by atoms with Crippen LogP contribution in [0.4, 0.5) is 4.39 Å². The number of halogens is 2. The second-order valence-electron chi connectivity index (χ2n) is 4.86. The van der Waals surface area contributed by atoms with E-state index in [2.05, 4.69) is 0 Å². The molecule has 0 radical (unpaired) electrons. The van der Waals surface area contributed by atoms with Gasteiger partial charge >= 0.3 is 0 Å². The zero-order valence-corrected chi connectivity index (χ0v) is 11.9. The van der Waals surface area contributed by atoms with Gasteiger partial charge in [0.2, 0.25) is 0 Å². The van der Waals surface area contributed by atoms with Crippen molar-refractivity contribution in [2.45, 2.75) is 6.42 Å². The van der Waals surface area contributed by atoms with Crippen LogP contribution in [0.3, 0.4) is 0 Å². The number of ketones is 1. The summed E-state index contributed by atoms with van der Waals surface area (Å²) in [6.07, 6.45) is 0.0879. The second kappa shape index (κ2) is 5.66. The van der Waals surface area contributed by atoms with Gasteiger partial charge in [-0.15, -0.1) is 0 Å². The molecule has 21 heavy (non-hydrogen) atoms. The van der Waals surface area contributed by atoms with Crippen molar-refractivity contribution in [1.82, 2.24) is 0 Å². The molecule has 0 spiro atoms. The molecule has 0 aliphatic carbocycles. The maximum atomic E-state index is 13.3. The van der Waals surface area contributed by atoms with Gasteiger partial charge in [-0.05, 0) is 34.5 Å². The third-order valence-electron chi connectivity index (χ3n) is 3.45. The largest absolute Gasteiger partial charge is 0.294 e. The molecule has 3 aromatic carbocycles. The molecule has 1 nitrogen and oxygen atoms in total. The molecule has 0 N–H and O–H groups in total. The lowest BCUT2D eigenvalue weighted by Gasteiger charge is -2.07. The Bertz CT molecular complexity index is 821. The van der Waals surface area contributed by atoms with Crippen molar-refractivity contribution in [3.05, 3.63) is 82.6 Å². The van der Waals surface area contributed by atoms with Crippen molar-refractivity contribution in [2.24, 2.45) is 0 Å². The van der Waals surface area contributed by atoms with Crippen molar-refractivity contribution >= 4 is 28.2 Å². The van der Waals surface area contributed by atoms with Crippen molar-refractivity contribution in [1.29, 1.82) is 0 Å². The standard InChI is InChI=1S/C18H12ClFO/c19-17-9-8-14(20)10-13(17)11-18(21)16-7-3-5-12-4-1-2-6-15(12)16/h1-10H,11H2. The Morgan fingerprint density at radius 1 is 1.00 bits per heavy atom. The van der Waals surface area contributed by atoms with Crippen molar-refractivity contribution in [2.75, 3.05) is 0 Å². The molecule has 0 atom stereocenters. The zero-order valence-electron chi connectivity index (χ0n) is 11.1.